The zero-order chi connectivity index (χ0) is 9.68. The molecule has 0 unspecified atom stereocenters. The molecule has 1 aromatic rings. The van der Waals surface area contributed by atoms with Crippen LogP contribution in [0.15, 0.2) is 49.1 Å². The predicted octanol–water partition coefficient (Wildman–Crippen LogP) is 2.34. The van der Waals surface area contributed by atoms with Crippen molar-refractivity contribution in [2.75, 3.05) is 0 Å². The van der Waals surface area contributed by atoms with Crippen molar-refractivity contribution in [1.82, 2.24) is 0 Å². The van der Waals surface area contributed by atoms with Crippen LogP contribution in [0.25, 0.3) is 5.57 Å². The summed E-state index contributed by atoms with van der Waals surface area (Å²) < 4.78 is 0. The summed E-state index contributed by atoms with van der Waals surface area (Å²) >= 11 is 0. The number of hydrogen-bond acceptors (Lipinski definition) is 1. The Morgan fingerprint density at radius 3 is 2.38 bits per heavy atom. The molecule has 0 saturated carbocycles. The molecule has 66 valence electrons. The van der Waals surface area contributed by atoms with Crippen molar-refractivity contribution >= 4 is 11.5 Å². The number of aliphatic carboxylic acids is 1. The van der Waals surface area contributed by atoms with Crippen molar-refractivity contribution in [2.45, 2.75) is 0 Å². The van der Waals surface area contributed by atoms with E-state index in [1.54, 1.807) is 0 Å². The standard InChI is InChI=1S/C11H10O2/c1-9(7-8-11(12)13)10-5-3-2-4-6-10/h2-8H,1H2,(H,12,13). The van der Waals surface area contributed by atoms with Crippen molar-refractivity contribution in [2.24, 2.45) is 0 Å². The fourth-order valence-electron chi connectivity index (χ4n) is 0.920. The van der Waals surface area contributed by atoms with Gasteiger partial charge in [-0.2, -0.15) is 0 Å². The maximum atomic E-state index is 10.2. The first-order valence-electron chi connectivity index (χ1n) is 3.85. The van der Waals surface area contributed by atoms with Gasteiger partial charge in [-0.25, -0.2) is 4.79 Å². The van der Waals surface area contributed by atoms with Crippen molar-refractivity contribution in [3.63, 3.8) is 0 Å². The summed E-state index contributed by atoms with van der Waals surface area (Å²) in [4.78, 5) is 10.2. The van der Waals surface area contributed by atoms with E-state index in [-0.39, 0.29) is 0 Å². The highest BCUT2D eigenvalue weighted by molar-refractivity contribution is 5.85. The Labute approximate surface area is 76.8 Å². The Kier molecular flexibility index (Phi) is 3.03. The van der Waals surface area contributed by atoms with E-state index in [0.717, 1.165) is 11.6 Å². The van der Waals surface area contributed by atoms with Crippen molar-refractivity contribution in [1.29, 1.82) is 0 Å². The number of allylic oxidation sites excluding steroid dienone is 2. The Hall–Kier alpha value is -1.83. The van der Waals surface area contributed by atoms with Crippen molar-refractivity contribution in [3.05, 3.63) is 54.6 Å². The molecule has 0 fully saturated rings. The van der Waals surface area contributed by atoms with Crippen LogP contribution in [0.3, 0.4) is 0 Å². The topological polar surface area (TPSA) is 37.3 Å². The third-order valence-electron chi connectivity index (χ3n) is 1.57. The fourth-order valence-corrected chi connectivity index (χ4v) is 0.920. The molecule has 0 bridgehead atoms. The van der Waals surface area contributed by atoms with Crippen LogP contribution in [0.2, 0.25) is 0 Å². The van der Waals surface area contributed by atoms with Gasteiger partial charge in [-0.15, -0.1) is 0 Å². The minimum atomic E-state index is -0.961. The Balaban J connectivity index is 2.76. The van der Waals surface area contributed by atoms with E-state index in [1.807, 2.05) is 30.3 Å². The lowest BCUT2D eigenvalue weighted by Crippen LogP contribution is -1.86. The highest BCUT2D eigenvalue weighted by Crippen LogP contribution is 2.12. The van der Waals surface area contributed by atoms with Crippen molar-refractivity contribution < 1.29 is 9.90 Å². The summed E-state index contributed by atoms with van der Waals surface area (Å²) in [5, 5.41) is 8.38. The van der Waals surface area contributed by atoms with Gasteiger partial charge < -0.3 is 5.11 Å². The lowest BCUT2D eigenvalue weighted by Gasteiger charge is -1.97. The number of carbonyl (C=O) groups is 1. The molecule has 0 saturated heterocycles. The van der Waals surface area contributed by atoms with Crippen LogP contribution in [-0.4, -0.2) is 11.1 Å². The van der Waals surface area contributed by atoms with Gasteiger partial charge in [0.2, 0.25) is 0 Å². The predicted molar refractivity (Wildman–Crippen MR) is 52.3 cm³/mol. The van der Waals surface area contributed by atoms with E-state index in [0.29, 0.717) is 5.57 Å². The maximum Gasteiger partial charge on any atom is 0.328 e. The van der Waals surface area contributed by atoms with Gasteiger partial charge in [0.25, 0.3) is 0 Å². The maximum absolute atomic E-state index is 10.2. The molecule has 0 aliphatic heterocycles. The second kappa shape index (κ2) is 4.26. The van der Waals surface area contributed by atoms with E-state index in [4.69, 9.17) is 5.11 Å². The highest BCUT2D eigenvalue weighted by atomic mass is 16.4. The molecule has 0 aromatic heterocycles. The largest absolute Gasteiger partial charge is 0.478 e. The molecule has 0 heterocycles. The molecule has 13 heavy (non-hydrogen) atoms. The lowest BCUT2D eigenvalue weighted by atomic mass is 10.1. The zero-order valence-electron chi connectivity index (χ0n) is 7.10. The number of carboxylic acids is 1. The van der Waals surface area contributed by atoms with Crippen LogP contribution >= 0.6 is 0 Å². The molecule has 2 heteroatoms. The Morgan fingerprint density at radius 1 is 1.23 bits per heavy atom. The average Bonchev–Trinajstić information content (AvgIpc) is 2.15. The second-order valence-corrected chi connectivity index (χ2v) is 2.56. The van der Waals surface area contributed by atoms with E-state index in [9.17, 15) is 4.79 Å². The van der Waals surface area contributed by atoms with Crippen LogP contribution in [-0.2, 0) is 4.79 Å². The van der Waals surface area contributed by atoms with E-state index < -0.39 is 5.97 Å². The first-order valence-corrected chi connectivity index (χ1v) is 3.85. The first-order chi connectivity index (χ1) is 6.20. The van der Waals surface area contributed by atoms with Gasteiger partial charge in [0.1, 0.15) is 0 Å². The molecule has 0 radical (unpaired) electrons. The molecule has 1 N–H and O–H groups in total. The van der Waals surface area contributed by atoms with E-state index in [1.165, 1.54) is 6.08 Å². The summed E-state index contributed by atoms with van der Waals surface area (Å²) in [7, 11) is 0. The van der Waals surface area contributed by atoms with Crippen LogP contribution in [0.1, 0.15) is 5.56 Å². The van der Waals surface area contributed by atoms with Gasteiger partial charge >= 0.3 is 5.97 Å². The van der Waals surface area contributed by atoms with Gasteiger partial charge in [0.15, 0.2) is 0 Å². The van der Waals surface area contributed by atoms with Crippen LogP contribution in [0.5, 0.6) is 0 Å². The zero-order valence-corrected chi connectivity index (χ0v) is 7.10. The first kappa shape index (κ1) is 9.26. The normalized spacial score (nSPS) is 10.2. The van der Waals surface area contributed by atoms with E-state index >= 15 is 0 Å². The minimum Gasteiger partial charge on any atom is -0.478 e. The highest BCUT2D eigenvalue weighted by Gasteiger charge is 1.93. The smallest absolute Gasteiger partial charge is 0.328 e. The van der Waals surface area contributed by atoms with Crippen LogP contribution < -0.4 is 0 Å². The summed E-state index contributed by atoms with van der Waals surface area (Å²) in [5.41, 5.74) is 1.63. The number of hydrogen-bond donors (Lipinski definition) is 1. The molecule has 0 spiro atoms. The average molecular weight is 174 g/mol. The monoisotopic (exact) mass is 174 g/mol. The van der Waals surface area contributed by atoms with Gasteiger partial charge in [0.05, 0.1) is 0 Å². The van der Waals surface area contributed by atoms with Gasteiger partial charge in [-0.3, -0.25) is 0 Å². The van der Waals surface area contributed by atoms with Gasteiger partial charge in [0, 0.05) is 6.08 Å². The SMILES string of the molecule is C=C(C=CC(=O)O)c1ccccc1. The molecule has 0 aliphatic carbocycles. The third kappa shape index (κ3) is 2.95. The van der Waals surface area contributed by atoms with Crippen LogP contribution in [0, 0.1) is 0 Å². The Bertz CT molecular complexity index is 336. The quantitative estimate of drug-likeness (QED) is 0.564. The van der Waals surface area contributed by atoms with Gasteiger partial charge in [-0.05, 0) is 17.2 Å². The van der Waals surface area contributed by atoms with E-state index in [2.05, 4.69) is 6.58 Å². The fraction of sp³-hybridized carbons (Fsp3) is 0. The summed E-state index contributed by atoms with van der Waals surface area (Å²) in [6.07, 6.45) is 2.56. The second-order valence-electron chi connectivity index (χ2n) is 2.56. The van der Waals surface area contributed by atoms with Crippen LogP contribution in [0.4, 0.5) is 0 Å². The third-order valence-corrected chi connectivity index (χ3v) is 1.57. The molecule has 0 aliphatic rings. The molecule has 0 atom stereocenters. The van der Waals surface area contributed by atoms with Crippen molar-refractivity contribution in [3.8, 4) is 0 Å². The lowest BCUT2D eigenvalue weighted by molar-refractivity contribution is -0.131. The number of benzene rings is 1. The Morgan fingerprint density at radius 2 is 1.85 bits per heavy atom. The molecular weight excluding hydrogens is 164 g/mol. The molecule has 1 aromatic carbocycles. The molecule has 1 rings (SSSR count). The number of rotatable bonds is 3. The molecular formula is C11H10O2. The molecule has 0 amide bonds. The summed E-state index contributed by atoms with van der Waals surface area (Å²) in [5.74, 6) is -0.961. The summed E-state index contributed by atoms with van der Waals surface area (Å²) in [6.45, 7) is 3.75. The van der Waals surface area contributed by atoms with Gasteiger partial charge in [-0.1, -0.05) is 36.9 Å². The molecule has 2 nitrogen and oxygen atoms in total. The summed E-state index contributed by atoms with van der Waals surface area (Å²) in [6, 6.07) is 9.44. The minimum absolute atomic E-state index is 0.697. The number of carboxylic acid groups (broad SMARTS) is 1.